The van der Waals surface area contributed by atoms with E-state index in [1.165, 1.54) is 39.9 Å². The fourth-order valence-corrected chi connectivity index (χ4v) is 6.70. The molecule has 0 saturated carbocycles. The molecule has 0 spiro atoms. The van der Waals surface area contributed by atoms with Gasteiger partial charge in [0.05, 0.1) is 30.2 Å². The average molecular weight is 485 g/mol. The normalized spacial score (nSPS) is 19.8. The summed E-state index contributed by atoms with van der Waals surface area (Å²) < 4.78 is 5.53. The summed E-state index contributed by atoms with van der Waals surface area (Å²) in [5.41, 5.74) is 1.50. The summed E-state index contributed by atoms with van der Waals surface area (Å²) in [6, 6.07) is 3.80. The van der Waals surface area contributed by atoms with E-state index < -0.39 is 0 Å². The summed E-state index contributed by atoms with van der Waals surface area (Å²) in [7, 11) is 0. The maximum atomic E-state index is 6.42. The van der Waals surface area contributed by atoms with E-state index in [1.807, 2.05) is 29.7 Å². The van der Waals surface area contributed by atoms with E-state index in [4.69, 9.17) is 26.3 Å². The largest absolute Gasteiger partial charge is 0.379 e. The number of thiophene rings is 1. The Hall–Kier alpha value is -2.00. The highest BCUT2D eigenvalue weighted by atomic mass is 35.5. The van der Waals surface area contributed by atoms with Crippen molar-refractivity contribution < 1.29 is 4.74 Å². The van der Waals surface area contributed by atoms with Crippen LogP contribution in [0.1, 0.15) is 29.1 Å². The molecule has 2 aliphatic heterocycles. The van der Waals surface area contributed by atoms with Gasteiger partial charge in [-0.05, 0) is 43.4 Å². The summed E-state index contributed by atoms with van der Waals surface area (Å²) in [6.07, 6.45) is 6.70. The monoisotopic (exact) mass is 484 g/mol. The zero-order valence-corrected chi connectivity index (χ0v) is 20.4. The predicted molar refractivity (Wildman–Crippen MR) is 134 cm³/mol. The van der Waals surface area contributed by atoms with Gasteiger partial charge in [-0.15, -0.1) is 11.3 Å². The first-order chi connectivity index (χ1) is 16.3. The first kappa shape index (κ1) is 21.5. The molecule has 6 rings (SSSR count). The quantitative estimate of drug-likeness (QED) is 0.558. The molecule has 0 amide bonds. The molecule has 3 aromatic heterocycles. The Kier molecular flexibility index (Phi) is 6.09. The number of fused-ring (bicyclic) bond motifs is 3. The van der Waals surface area contributed by atoms with Crippen LogP contribution in [0.25, 0.3) is 10.2 Å². The van der Waals surface area contributed by atoms with Crippen molar-refractivity contribution in [2.24, 2.45) is 0 Å². The smallest absolute Gasteiger partial charge is 0.147 e. The van der Waals surface area contributed by atoms with Gasteiger partial charge in [-0.25, -0.2) is 15.0 Å². The highest BCUT2D eigenvalue weighted by molar-refractivity contribution is 7.19. The van der Waals surface area contributed by atoms with Crippen LogP contribution in [0.5, 0.6) is 0 Å². The van der Waals surface area contributed by atoms with Gasteiger partial charge in [0.2, 0.25) is 0 Å². The summed E-state index contributed by atoms with van der Waals surface area (Å²) in [5, 5.41) is 2.03. The van der Waals surface area contributed by atoms with Crippen molar-refractivity contribution >= 4 is 44.8 Å². The lowest BCUT2D eigenvalue weighted by Gasteiger charge is -2.37. The van der Waals surface area contributed by atoms with Crippen molar-refractivity contribution in [2.75, 3.05) is 62.3 Å². The molecule has 5 heterocycles. The summed E-state index contributed by atoms with van der Waals surface area (Å²) >= 11 is 8.31. The van der Waals surface area contributed by atoms with Gasteiger partial charge in [0.25, 0.3) is 0 Å². The number of anilines is 2. The van der Waals surface area contributed by atoms with Crippen molar-refractivity contribution in [2.45, 2.75) is 32.2 Å². The second kappa shape index (κ2) is 9.33. The minimum atomic E-state index is 0.718. The van der Waals surface area contributed by atoms with Gasteiger partial charge in [-0.2, -0.15) is 0 Å². The van der Waals surface area contributed by atoms with Crippen LogP contribution >= 0.6 is 22.9 Å². The van der Waals surface area contributed by atoms with Gasteiger partial charge < -0.3 is 14.5 Å². The number of halogens is 1. The Bertz CT molecular complexity index is 1140. The maximum Gasteiger partial charge on any atom is 0.147 e. The van der Waals surface area contributed by atoms with Crippen LogP contribution in [0.15, 0.2) is 18.3 Å². The molecule has 0 aromatic carbocycles. The number of aryl methyl sites for hydroxylation is 2. The Morgan fingerprint density at radius 1 is 0.939 bits per heavy atom. The number of piperazine rings is 1. The van der Waals surface area contributed by atoms with Crippen molar-refractivity contribution in [1.29, 1.82) is 0 Å². The van der Waals surface area contributed by atoms with Gasteiger partial charge in [0.1, 0.15) is 22.3 Å². The third-order valence-electron chi connectivity index (χ3n) is 6.93. The van der Waals surface area contributed by atoms with Crippen LogP contribution in [0.4, 0.5) is 11.6 Å². The maximum absolute atomic E-state index is 6.42. The second-order valence-electron chi connectivity index (χ2n) is 9.03. The fraction of sp³-hybridized carbons (Fsp3) is 0.542. The molecule has 1 aliphatic carbocycles. The summed E-state index contributed by atoms with van der Waals surface area (Å²) in [6.45, 7) is 7.84. The molecule has 9 heteroatoms. The number of hydrogen-bond acceptors (Lipinski definition) is 8. The van der Waals surface area contributed by atoms with Gasteiger partial charge in [-0.3, -0.25) is 4.90 Å². The molecular formula is C24H29ClN6OS. The SMILES string of the molecule is Clc1cccnc1N1CCN(c2nc(CN3CCOCC3)nc3sc4c(c23)CCCC4)CC1. The van der Waals surface area contributed by atoms with Crippen LogP contribution in [0.3, 0.4) is 0 Å². The lowest BCUT2D eigenvalue weighted by molar-refractivity contribution is 0.0331. The van der Waals surface area contributed by atoms with E-state index in [2.05, 4.69) is 19.7 Å². The van der Waals surface area contributed by atoms with Crippen LogP contribution in [0, 0.1) is 0 Å². The number of ether oxygens (including phenoxy) is 1. The van der Waals surface area contributed by atoms with Crippen molar-refractivity contribution in [3.63, 3.8) is 0 Å². The van der Waals surface area contributed by atoms with E-state index >= 15 is 0 Å². The van der Waals surface area contributed by atoms with Crippen LogP contribution < -0.4 is 9.80 Å². The first-order valence-corrected chi connectivity index (χ1v) is 13.2. The summed E-state index contributed by atoms with van der Waals surface area (Å²) in [4.78, 5) is 24.6. The van der Waals surface area contributed by atoms with E-state index in [-0.39, 0.29) is 0 Å². The number of rotatable bonds is 4. The Morgan fingerprint density at radius 2 is 1.70 bits per heavy atom. The highest BCUT2D eigenvalue weighted by Crippen LogP contribution is 2.40. The molecule has 3 aromatic rings. The molecule has 33 heavy (non-hydrogen) atoms. The van der Waals surface area contributed by atoms with Gasteiger partial charge in [0, 0.05) is 50.3 Å². The van der Waals surface area contributed by atoms with E-state index in [9.17, 15) is 0 Å². The number of aromatic nitrogens is 3. The molecule has 7 nitrogen and oxygen atoms in total. The Morgan fingerprint density at radius 3 is 2.48 bits per heavy atom. The second-order valence-corrected chi connectivity index (χ2v) is 10.5. The third kappa shape index (κ3) is 4.30. The zero-order chi connectivity index (χ0) is 22.2. The summed E-state index contributed by atoms with van der Waals surface area (Å²) in [5.74, 6) is 2.95. The lowest BCUT2D eigenvalue weighted by Crippen LogP contribution is -2.47. The number of hydrogen-bond donors (Lipinski definition) is 0. The molecule has 0 bridgehead atoms. The number of morpholine rings is 1. The van der Waals surface area contributed by atoms with E-state index in [0.717, 1.165) is 87.9 Å². The molecule has 0 unspecified atom stereocenters. The number of pyridine rings is 1. The van der Waals surface area contributed by atoms with Crippen LogP contribution in [-0.4, -0.2) is 72.3 Å². The Balaban J connectivity index is 1.32. The van der Waals surface area contributed by atoms with E-state index in [1.54, 1.807) is 0 Å². The topological polar surface area (TPSA) is 57.6 Å². The van der Waals surface area contributed by atoms with Crippen LogP contribution in [0.2, 0.25) is 5.02 Å². The third-order valence-corrected chi connectivity index (χ3v) is 8.41. The molecule has 0 atom stereocenters. The fourth-order valence-electron chi connectivity index (χ4n) is 5.18. The standard InChI is InChI=1S/C24H29ClN6OS/c25-18-5-3-7-26-22(18)30-8-10-31(11-9-30)23-21-17-4-1-2-6-19(17)33-24(21)28-20(27-23)16-29-12-14-32-15-13-29/h3,5,7H,1-2,4,6,8-16H2. The van der Waals surface area contributed by atoms with Crippen LogP contribution in [-0.2, 0) is 24.1 Å². The van der Waals surface area contributed by atoms with Gasteiger partial charge in [-0.1, -0.05) is 11.6 Å². The van der Waals surface area contributed by atoms with Gasteiger partial charge in [0.15, 0.2) is 0 Å². The lowest BCUT2D eigenvalue weighted by atomic mass is 9.97. The molecule has 174 valence electrons. The molecule has 2 fully saturated rings. The number of nitrogens with zero attached hydrogens (tertiary/aromatic N) is 6. The zero-order valence-electron chi connectivity index (χ0n) is 18.8. The van der Waals surface area contributed by atoms with Crippen molar-refractivity contribution in [1.82, 2.24) is 19.9 Å². The van der Waals surface area contributed by atoms with E-state index in [0.29, 0.717) is 0 Å². The predicted octanol–water partition coefficient (Wildman–Crippen LogP) is 3.78. The van der Waals surface area contributed by atoms with Gasteiger partial charge >= 0.3 is 0 Å². The molecular weight excluding hydrogens is 456 g/mol. The Labute approximate surface area is 203 Å². The molecule has 2 saturated heterocycles. The molecule has 0 N–H and O–H groups in total. The molecule has 3 aliphatic rings. The van der Waals surface area contributed by atoms with Crippen molar-refractivity contribution in [3.05, 3.63) is 39.6 Å². The average Bonchev–Trinajstić information content (AvgIpc) is 3.23. The highest BCUT2D eigenvalue weighted by Gasteiger charge is 2.27. The van der Waals surface area contributed by atoms with Crippen molar-refractivity contribution in [3.8, 4) is 0 Å². The molecule has 0 radical (unpaired) electrons. The first-order valence-electron chi connectivity index (χ1n) is 12.0. The minimum absolute atomic E-state index is 0.718. The minimum Gasteiger partial charge on any atom is -0.379 e.